The minimum atomic E-state index is -0.0692. The Morgan fingerprint density at radius 1 is 1.33 bits per heavy atom. The number of anilines is 1. The lowest BCUT2D eigenvalue weighted by molar-refractivity contribution is -0.115. The van der Waals surface area contributed by atoms with Gasteiger partial charge in [0.15, 0.2) is 5.13 Å². The zero-order valence-electron chi connectivity index (χ0n) is 10.1. The molecule has 0 aliphatic rings. The van der Waals surface area contributed by atoms with Crippen LogP contribution in [0.3, 0.4) is 0 Å². The molecule has 0 fully saturated rings. The molecule has 0 saturated carbocycles. The van der Waals surface area contributed by atoms with Crippen LogP contribution in [0.5, 0.6) is 0 Å². The standard InChI is InChI=1S/C13H15N3OS/c1-10-9-18-13(15-10)16-12(17)8-14-7-11-5-3-2-4-6-11/h2-6,9,14H,7-8H2,1H3,(H,15,16,17). The van der Waals surface area contributed by atoms with Crippen LogP contribution in [0, 0.1) is 6.92 Å². The van der Waals surface area contributed by atoms with Gasteiger partial charge in [-0.3, -0.25) is 4.79 Å². The Kier molecular flexibility index (Phi) is 4.44. The van der Waals surface area contributed by atoms with E-state index in [4.69, 9.17) is 0 Å². The third-order valence-corrected chi connectivity index (χ3v) is 3.20. The van der Waals surface area contributed by atoms with E-state index < -0.39 is 0 Å². The molecule has 4 nitrogen and oxygen atoms in total. The molecule has 18 heavy (non-hydrogen) atoms. The molecular weight excluding hydrogens is 246 g/mol. The van der Waals surface area contributed by atoms with Crippen molar-refractivity contribution in [3.05, 3.63) is 47.0 Å². The molecule has 0 aliphatic heterocycles. The van der Waals surface area contributed by atoms with Gasteiger partial charge in [0.2, 0.25) is 5.91 Å². The number of aryl methyl sites for hydroxylation is 1. The summed E-state index contributed by atoms with van der Waals surface area (Å²) in [4.78, 5) is 15.8. The maximum atomic E-state index is 11.6. The first-order valence-corrected chi connectivity index (χ1v) is 6.58. The van der Waals surface area contributed by atoms with Crippen molar-refractivity contribution in [3.8, 4) is 0 Å². The first kappa shape index (κ1) is 12.7. The van der Waals surface area contributed by atoms with Crippen LogP contribution in [-0.4, -0.2) is 17.4 Å². The van der Waals surface area contributed by atoms with Crippen molar-refractivity contribution in [3.63, 3.8) is 0 Å². The zero-order chi connectivity index (χ0) is 12.8. The van der Waals surface area contributed by atoms with E-state index in [-0.39, 0.29) is 12.5 Å². The number of rotatable bonds is 5. The first-order chi connectivity index (χ1) is 8.74. The summed E-state index contributed by atoms with van der Waals surface area (Å²) >= 11 is 1.44. The van der Waals surface area contributed by atoms with Crippen LogP contribution >= 0.6 is 11.3 Å². The number of hydrogen-bond donors (Lipinski definition) is 2. The number of carbonyl (C=O) groups excluding carboxylic acids is 1. The van der Waals surface area contributed by atoms with Crippen LogP contribution in [0.25, 0.3) is 0 Å². The zero-order valence-corrected chi connectivity index (χ0v) is 11.0. The van der Waals surface area contributed by atoms with Crippen molar-refractivity contribution in [2.24, 2.45) is 0 Å². The van der Waals surface area contributed by atoms with Crippen LogP contribution < -0.4 is 10.6 Å². The molecule has 1 aromatic carbocycles. The predicted octanol–water partition coefficient (Wildman–Crippen LogP) is 2.18. The predicted molar refractivity (Wildman–Crippen MR) is 73.6 cm³/mol. The van der Waals surface area contributed by atoms with E-state index in [9.17, 15) is 4.79 Å². The quantitative estimate of drug-likeness (QED) is 0.867. The van der Waals surface area contributed by atoms with Gasteiger partial charge >= 0.3 is 0 Å². The SMILES string of the molecule is Cc1csc(NC(=O)CNCc2ccccc2)n1. The summed E-state index contributed by atoms with van der Waals surface area (Å²) in [7, 11) is 0. The summed E-state index contributed by atoms with van der Waals surface area (Å²) < 4.78 is 0. The molecular formula is C13H15N3OS. The summed E-state index contributed by atoms with van der Waals surface area (Å²) in [6.07, 6.45) is 0. The second kappa shape index (κ2) is 6.28. The second-order valence-electron chi connectivity index (χ2n) is 3.93. The summed E-state index contributed by atoms with van der Waals surface area (Å²) in [5.41, 5.74) is 2.09. The highest BCUT2D eigenvalue weighted by Gasteiger charge is 2.04. The molecule has 2 rings (SSSR count). The van der Waals surface area contributed by atoms with Gasteiger partial charge in [-0.15, -0.1) is 11.3 Å². The molecule has 0 bridgehead atoms. The molecule has 0 atom stereocenters. The van der Waals surface area contributed by atoms with E-state index >= 15 is 0 Å². The van der Waals surface area contributed by atoms with E-state index in [2.05, 4.69) is 15.6 Å². The largest absolute Gasteiger partial charge is 0.304 e. The lowest BCUT2D eigenvalue weighted by atomic mass is 10.2. The molecule has 0 radical (unpaired) electrons. The van der Waals surface area contributed by atoms with Crippen LogP contribution in [0.2, 0.25) is 0 Å². The van der Waals surface area contributed by atoms with E-state index in [0.717, 1.165) is 11.3 Å². The molecule has 1 amide bonds. The van der Waals surface area contributed by atoms with Crippen molar-refractivity contribution in [2.75, 3.05) is 11.9 Å². The molecule has 94 valence electrons. The highest BCUT2D eigenvalue weighted by Crippen LogP contribution is 2.13. The van der Waals surface area contributed by atoms with Crippen molar-refractivity contribution in [1.29, 1.82) is 0 Å². The highest BCUT2D eigenvalue weighted by atomic mass is 32.1. The fourth-order valence-corrected chi connectivity index (χ4v) is 2.20. The molecule has 1 aromatic heterocycles. The van der Waals surface area contributed by atoms with E-state index in [0.29, 0.717) is 11.7 Å². The monoisotopic (exact) mass is 261 g/mol. The Labute approximate surface area is 110 Å². The molecule has 0 spiro atoms. The summed E-state index contributed by atoms with van der Waals surface area (Å²) in [6.45, 7) is 2.87. The third-order valence-electron chi connectivity index (χ3n) is 2.32. The lowest BCUT2D eigenvalue weighted by Gasteiger charge is -2.04. The number of nitrogens with zero attached hydrogens (tertiary/aromatic N) is 1. The lowest BCUT2D eigenvalue weighted by Crippen LogP contribution is -2.27. The molecule has 2 N–H and O–H groups in total. The van der Waals surface area contributed by atoms with E-state index in [1.807, 2.05) is 42.6 Å². The van der Waals surface area contributed by atoms with Gasteiger partial charge in [0.1, 0.15) is 0 Å². The molecule has 1 heterocycles. The van der Waals surface area contributed by atoms with Crippen LogP contribution in [0.15, 0.2) is 35.7 Å². The van der Waals surface area contributed by atoms with E-state index in [1.54, 1.807) is 0 Å². The summed E-state index contributed by atoms with van der Waals surface area (Å²) in [6, 6.07) is 9.98. The minimum absolute atomic E-state index is 0.0692. The average Bonchev–Trinajstić information content (AvgIpc) is 2.76. The Bertz CT molecular complexity index is 510. The minimum Gasteiger partial charge on any atom is -0.304 e. The van der Waals surface area contributed by atoms with Crippen molar-refractivity contribution in [1.82, 2.24) is 10.3 Å². The Balaban J connectivity index is 1.72. The van der Waals surface area contributed by atoms with Crippen LogP contribution in [-0.2, 0) is 11.3 Å². The highest BCUT2D eigenvalue weighted by molar-refractivity contribution is 7.13. The number of hydrogen-bond acceptors (Lipinski definition) is 4. The number of aromatic nitrogens is 1. The third kappa shape index (κ3) is 3.94. The fourth-order valence-electron chi connectivity index (χ4n) is 1.49. The molecule has 0 aliphatic carbocycles. The molecule has 0 saturated heterocycles. The van der Waals surface area contributed by atoms with Gasteiger partial charge in [0.05, 0.1) is 12.2 Å². The normalized spacial score (nSPS) is 10.3. The fraction of sp³-hybridized carbons (Fsp3) is 0.231. The van der Waals surface area contributed by atoms with Gasteiger partial charge in [-0.2, -0.15) is 0 Å². The molecule has 0 unspecified atom stereocenters. The topological polar surface area (TPSA) is 54.0 Å². The van der Waals surface area contributed by atoms with Crippen LogP contribution in [0.1, 0.15) is 11.3 Å². The average molecular weight is 261 g/mol. The number of carbonyl (C=O) groups is 1. The Morgan fingerprint density at radius 3 is 2.78 bits per heavy atom. The summed E-state index contributed by atoms with van der Waals surface area (Å²) in [5.74, 6) is -0.0692. The smallest absolute Gasteiger partial charge is 0.240 e. The summed E-state index contributed by atoms with van der Waals surface area (Å²) in [5, 5.41) is 8.41. The van der Waals surface area contributed by atoms with Crippen LogP contribution in [0.4, 0.5) is 5.13 Å². The number of nitrogens with one attached hydrogen (secondary N) is 2. The number of benzene rings is 1. The second-order valence-corrected chi connectivity index (χ2v) is 4.79. The van der Waals surface area contributed by atoms with Crippen molar-refractivity contribution in [2.45, 2.75) is 13.5 Å². The molecule has 2 aromatic rings. The maximum absolute atomic E-state index is 11.6. The van der Waals surface area contributed by atoms with Crippen molar-refractivity contribution < 1.29 is 4.79 Å². The van der Waals surface area contributed by atoms with E-state index in [1.165, 1.54) is 11.3 Å². The number of amides is 1. The molecule has 5 heteroatoms. The van der Waals surface area contributed by atoms with Gasteiger partial charge in [-0.25, -0.2) is 4.98 Å². The Morgan fingerprint density at radius 2 is 2.11 bits per heavy atom. The van der Waals surface area contributed by atoms with Gasteiger partial charge in [-0.1, -0.05) is 30.3 Å². The Hall–Kier alpha value is -1.72. The number of thiazole rings is 1. The van der Waals surface area contributed by atoms with Gasteiger partial charge in [0, 0.05) is 11.9 Å². The van der Waals surface area contributed by atoms with Gasteiger partial charge < -0.3 is 10.6 Å². The van der Waals surface area contributed by atoms with Gasteiger partial charge in [0.25, 0.3) is 0 Å². The maximum Gasteiger partial charge on any atom is 0.240 e. The first-order valence-electron chi connectivity index (χ1n) is 5.70. The van der Waals surface area contributed by atoms with Crippen molar-refractivity contribution >= 4 is 22.4 Å². The van der Waals surface area contributed by atoms with Gasteiger partial charge in [-0.05, 0) is 12.5 Å².